The highest BCUT2D eigenvalue weighted by atomic mass is 16.3. The minimum Gasteiger partial charge on any atom is -0.469 e. The Morgan fingerprint density at radius 3 is 2.89 bits per heavy atom. The highest BCUT2D eigenvalue weighted by molar-refractivity contribution is 5.42. The minimum atomic E-state index is 0.245. The molecule has 102 valence electrons. The molecule has 0 radical (unpaired) electrons. The molecule has 2 heterocycles. The van der Waals surface area contributed by atoms with Gasteiger partial charge in [-0.3, -0.25) is 0 Å². The third kappa shape index (κ3) is 3.98. The van der Waals surface area contributed by atoms with Gasteiger partial charge in [0.25, 0.3) is 0 Å². The fourth-order valence-electron chi connectivity index (χ4n) is 1.91. The van der Waals surface area contributed by atoms with Crippen molar-refractivity contribution in [2.24, 2.45) is 0 Å². The van der Waals surface area contributed by atoms with Crippen molar-refractivity contribution in [1.29, 1.82) is 0 Å². The molecule has 2 aromatic rings. The second kappa shape index (κ2) is 6.22. The fourth-order valence-corrected chi connectivity index (χ4v) is 1.91. The number of nitrogens with one attached hydrogen (secondary N) is 2. The zero-order valence-electron chi connectivity index (χ0n) is 11.6. The quantitative estimate of drug-likeness (QED) is 0.836. The fraction of sp³-hybridized carbons (Fsp3) is 0.429. The lowest BCUT2D eigenvalue weighted by atomic mass is 10.2. The van der Waals surface area contributed by atoms with Gasteiger partial charge in [0.15, 0.2) is 0 Å². The van der Waals surface area contributed by atoms with Gasteiger partial charge in [-0.2, -0.15) is 4.98 Å². The van der Waals surface area contributed by atoms with Crippen LogP contribution in [0.25, 0.3) is 0 Å². The second-order valence-electron chi connectivity index (χ2n) is 4.58. The Morgan fingerprint density at radius 2 is 2.21 bits per heavy atom. The van der Waals surface area contributed by atoms with Crippen molar-refractivity contribution in [3.63, 3.8) is 0 Å². The van der Waals surface area contributed by atoms with Crippen LogP contribution in [-0.2, 0) is 6.42 Å². The van der Waals surface area contributed by atoms with E-state index in [1.807, 2.05) is 32.0 Å². The van der Waals surface area contributed by atoms with E-state index in [1.54, 1.807) is 6.26 Å². The van der Waals surface area contributed by atoms with Crippen LogP contribution in [0.4, 0.5) is 11.8 Å². The van der Waals surface area contributed by atoms with E-state index in [1.165, 1.54) is 0 Å². The molecular weight excluding hydrogens is 240 g/mol. The van der Waals surface area contributed by atoms with Crippen LogP contribution < -0.4 is 10.6 Å². The van der Waals surface area contributed by atoms with Crippen molar-refractivity contribution in [1.82, 2.24) is 9.97 Å². The summed E-state index contributed by atoms with van der Waals surface area (Å²) >= 11 is 0. The molecule has 0 amide bonds. The number of furan rings is 1. The van der Waals surface area contributed by atoms with E-state index in [4.69, 9.17) is 4.42 Å². The summed E-state index contributed by atoms with van der Waals surface area (Å²) in [5.41, 5.74) is 0.943. The van der Waals surface area contributed by atoms with Crippen LogP contribution in [0.3, 0.4) is 0 Å². The predicted octanol–water partition coefficient (Wildman–Crippen LogP) is 2.85. The van der Waals surface area contributed by atoms with Crippen molar-refractivity contribution in [2.75, 3.05) is 17.2 Å². The van der Waals surface area contributed by atoms with E-state index in [-0.39, 0.29) is 6.04 Å². The van der Waals surface area contributed by atoms with E-state index in [0.29, 0.717) is 5.95 Å². The molecule has 0 bridgehead atoms. The van der Waals surface area contributed by atoms with Crippen LogP contribution in [-0.4, -0.2) is 22.6 Å². The molecule has 0 fully saturated rings. The number of hydrogen-bond donors (Lipinski definition) is 2. The van der Waals surface area contributed by atoms with Crippen LogP contribution in [0.15, 0.2) is 28.9 Å². The Morgan fingerprint density at radius 1 is 1.37 bits per heavy atom. The molecule has 1 unspecified atom stereocenters. The maximum absolute atomic E-state index is 5.34. The molecule has 0 aliphatic heterocycles. The van der Waals surface area contributed by atoms with Gasteiger partial charge in [-0.25, -0.2) is 4.98 Å². The van der Waals surface area contributed by atoms with Crippen LogP contribution in [0.1, 0.15) is 25.3 Å². The van der Waals surface area contributed by atoms with Gasteiger partial charge in [-0.15, -0.1) is 0 Å². The molecule has 19 heavy (non-hydrogen) atoms. The normalized spacial score (nSPS) is 12.2. The standard InChI is InChI=1S/C14H20N4O/c1-4-15-14-17-11(3)9-13(18-14)16-10(2)8-12-6-5-7-19-12/h5-7,9-10H,4,8H2,1-3H3,(H2,15,16,17,18). The van der Waals surface area contributed by atoms with Crippen molar-refractivity contribution in [3.8, 4) is 0 Å². The lowest BCUT2D eigenvalue weighted by molar-refractivity contribution is 0.497. The van der Waals surface area contributed by atoms with Crippen LogP contribution >= 0.6 is 0 Å². The highest BCUT2D eigenvalue weighted by Gasteiger charge is 2.08. The molecule has 0 saturated heterocycles. The van der Waals surface area contributed by atoms with Crippen molar-refractivity contribution >= 4 is 11.8 Å². The first-order chi connectivity index (χ1) is 9.17. The highest BCUT2D eigenvalue weighted by Crippen LogP contribution is 2.13. The van der Waals surface area contributed by atoms with Gasteiger partial charge in [-0.05, 0) is 32.9 Å². The summed E-state index contributed by atoms with van der Waals surface area (Å²) in [6.45, 7) is 6.90. The third-order valence-electron chi connectivity index (χ3n) is 2.67. The molecule has 1 atom stereocenters. The number of rotatable bonds is 6. The molecule has 0 aliphatic carbocycles. The van der Waals surface area contributed by atoms with Crippen molar-refractivity contribution in [2.45, 2.75) is 33.2 Å². The van der Waals surface area contributed by atoms with Gasteiger partial charge in [0, 0.05) is 30.8 Å². The molecule has 5 nitrogen and oxygen atoms in total. The van der Waals surface area contributed by atoms with E-state index in [9.17, 15) is 0 Å². The minimum absolute atomic E-state index is 0.245. The first-order valence-corrected chi connectivity index (χ1v) is 6.56. The SMILES string of the molecule is CCNc1nc(C)cc(NC(C)Cc2ccco2)n1. The Hall–Kier alpha value is -2.04. The van der Waals surface area contributed by atoms with Crippen LogP contribution in [0, 0.1) is 6.92 Å². The maximum Gasteiger partial charge on any atom is 0.224 e. The Balaban J connectivity index is 2.01. The maximum atomic E-state index is 5.34. The molecule has 2 N–H and O–H groups in total. The zero-order valence-corrected chi connectivity index (χ0v) is 11.6. The number of aryl methyl sites for hydroxylation is 1. The summed E-state index contributed by atoms with van der Waals surface area (Å²) in [6, 6.07) is 6.07. The van der Waals surface area contributed by atoms with E-state index < -0.39 is 0 Å². The molecular formula is C14H20N4O. The average Bonchev–Trinajstić information content (AvgIpc) is 2.81. The number of aromatic nitrogens is 2. The van der Waals surface area contributed by atoms with Crippen molar-refractivity contribution in [3.05, 3.63) is 35.9 Å². The first kappa shape index (κ1) is 13.4. The molecule has 2 rings (SSSR count). The monoisotopic (exact) mass is 260 g/mol. The van der Waals surface area contributed by atoms with Crippen LogP contribution in [0.2, 0.25) is 0 Å². The van der Waals surface area contributed by atoms with Gasteiger partial charge < -0.3 is 15.1 Å². The molecule has 5 heteroatoms. The largest absolute Gasteiger partial charge is 0.469 e. The van der Waals surface area contributed by atoms with E-state index in [2.05, 4.69) is 27.5 Å². The molecule has 0 aliphatic rings. The smallest absolute Gasteiger partial charge is 0.224 e. The summed E-state index contributed by atoms with van der Waals surface area (Å²) in [4.78, 5) is 8.75. The topological polar surface area (TPSA) is 63.0 Å². The Bertz CT molecular complexity index is 510. The Kier molecular flexibility index (Phi) is 4.39. The molecule has 2 aromatic heterocycles. The lowest BCUT2D eigenvalue weighted by Crippen LogP contribution is -2.19. The first-order valence-electron chi connectivity index (χ1n) is 6.56. The summed E-state index contributed by atoms with van der Waals surface area (Å²) in [6.07, 6.45) is 2.52. The summed E-state index contributed by atoms with van der Waals surface area (Å²) < 4.78 is 5.34. The van der Waals surface area contributed by atoms with Crippen molar-refractivity contribution < 1.29 is 4.42 Å². The average molecular weight is 260 g/mol. The second-order valence-corrected chi connectivity index (χ2v) is 4.58. The lowest BCUT2D eigenvalue weighted by Gasteiger charge is -2.14. The summed E-state index contributed by atoms with van der Waals surface area (Å²) in [5.74, 6) is 2.47. The third-order valence-corrected chi connectivity index (χ3v) is 2.67. The van der Waals surface area contributed by atoms with Gasteiger partial charge in [0.1, 0.15) is 11.6 Å². The van der Waals surface area contributed by atoms with Gasteiger partial charge in [0.05, 0.1) is 6.26 Å². The van der Waals surface area contributed by atoms with E-state index in [0.717, 1.165) is 30.2 Å². The Labute approximate surface area is 113 Å². The molecule has 0 aromatic carbocycles. The molecule has 0 spiro atoms. The van der Waals surface area contributed by atoms with Gasteiger partial charge in [-0.1, -0.05) is 0 Å². The number of anilines is 2. The number of hydrogen-bond acceptors (Lipinski definition) is 5. The van der Waals surface area contributed by atoms with Gasteiger partial charge in [0.2, 0.25) is 5.95 Å². The number of nitrogens with zero attached hydrogens (tertiary/aromatic N) is 2. The van der Waals surface area contributed by atoms with Crippen LogP contribution in [0.5, 0.6) is 0 Å². The summed E-state index contributed by atoms with van der Waals surface area (Å²) in [5, 5.41) is 6.50. The zero-order chi connectivity index (χ0) is 13.7. The summed E-state index contributed by atoms with van der Waals surface area (Å²) in [7, 11) is 0. The predicted molar refractivity (Wildman–Crippen MR) is 76.4 cm³/mol. The van der Waals surface area contributed by atoms with Gasteiger partial charge >= 0.3 is 0 Å². The van der Waals surface area contributed by atoms with E-state index >= 15 is 0 Å². The molecule has 0 saturated carbocycles.